The fraction of sp³-hybridized carbons (Fsp3) is 0.240. The second kappa shape index (κ2) is 10.9. The Kier molecular flexibility index (Phi) is 8.18. The van der Waals surface area contributed by atoms with Gasteiger partial charge in [0.05, 0.1) is 24.9 Å². The molecular formula is C25H25F3N2O4S. The summed E-state index contributed by atoms with van der Waals surface area (Å²) in [6.07, 6.45) is -4.39. The molecule has 0 unspecified atom stereocenters. The molecule has 186 valence electrons. The largest absolute Gasteiger partial charge is 0.495 e. The second-order valence-corrected chi connectivity index (χ2v) is 9.73. The Morgan fingerprint density at radius 1 is 1.00 bits per heavy atom. The third-order valence-electron chi connectivity index (χ3n) is 5.26. The number of benzene rings is 3. The molecule has 0 aliphatic carbocycles. The van der Waals surface area contributed by atoms with Crippen LogP contribution in [0.4, 0.5) is 18.9 Å². The predicted octanol–water partition coefficient (Wildman–Crippen LogP) is 4.89. The molecule has 6 nitrogen and oxygen atoms in total. The molecule has 1 amide bonds. The van der Waals surface area contributed by atoms with Gasteiger partial charge in [0, 0.05) is 6.54 Å². The van der Waals surface area contributed by atoms with Crippen molar-refractivity contribution in [3.8, 4) is 5.75 Å². The van der Waals surface area contributed by atoms with Crippen LogP contribution in [0.2, 0.25) is 0 Å². The number of aryl methyl sites for hydroxylation is 1. The third-order valence-corrected chi connectivity index (χ3v) is 7.12. The zero-order valence-electron chi connectivity index (χ0n) is 19.2. The molecule has 0 aliphatic heterocycles. The fourth-order valence-corrected chi connectivity index (χ4v) is 5.13. The minimum Gasteiger partial charge on any atom is -0.495 e. The monoisotopic (exact) mass is 506 g/mol. The molecule has 0 spiro atoms. The molecule has 0 aromatic heterocycles. The van der Waals surface area contributed by atoms with E-state index in [1.807, 2.05) is 18.2 Å². The summed E-state index contributed by atoms with van der Waals surface area (Å²) in [5.41, 5.74) is 0.0358. The van der Waals surface area contributed by atoms with Crippen molar-refractivity contribution in [1.82, 2.24) is 4.31 Å². The van der Waals surface area contributed by atoms with Gasteiger partial charge < -0.3 is 10.1 Å². The van der Waals surface area contributed by atoms with Crippen LogP contribution < -0.4 is 10.1 Å². The van der Waals surface area contributed by atoms with Crippen LogP contribution >= 0.6 is 0 Å². The molecular weight excluding hydrogens is 481 g/mol. The van der Waals surface area contributed by atoms with Crippen molar-refractivity contribution in [3.63, 3.8) is 0 Å². The van der Waals surface area contributed by atoms with Gasteiger partial charge in [-0.15, -0.1) is 0 Å². The summed E-state index contributed by atoms with van der Waals surface area (Å²) in [5.74, 6) is -0.798. The maximum absolute atomic E-state index is 13.6. The van der Waals surface area contributed by atoms with Gasteiger partial charge in [0.2, 0.25) is 15.9 Å². The Bertz CT molecular complexity index is 1280. The molecule has 35 heavy (non-hydrogen) atoms. The smallest absolute Gasteiger partial charge is 0.418 e. The SMILES string of the molecule is COc1ccc(C)cc1S(=O)(=O)N(CCc1ccccc1)CC(=O)Nc1ccccc1C(F)(F)F. The number of anilines is 1. The summed E-state index contributed by atoms with van der Waals surface area (Å²) in [7, 11) is -2.90. The Hall–Kier alpha value is -3.37. The highest BCUT2D eigenvalue weighted by molar-refractivity contribution is 7.89. The lowest BCUT2D eigenvalue weighted by Gasteiger charge is -2.23. The number of amides is 1. The van der Waals surface area contributed by atoms with E-state index in [2.05, 4.69) is 5.32 Å². The van der Waals surface area contributed by atoms with Crippen LogP contribution in [0.25, 0.3) is 0 Å². The summed E-state index contributed by atoms with van der Waals surface area (Å²) >= 11 is 0. The first kappa shape index (κ1) is 26.2. The fourth-order valence-electron chi connectivity index (χ4n) is 3.50. The summed E-state index contributed by atoms with van der Waals surface area (Å²) in [6.45, 7) is 0.962. The van der Waals surface area contributed by atoms with Crippen LogP contribution in [0.3, 0.4) is 0 Å². The highest BCUT2D eigenvalue weighted by atomic mass is 32.2. The lowest BCUT2D eigenvalue weighted by atomic mass is 10.1. The first-order valence-electron chi connectivity index (χ1n) is 10.7. The standard InChI is InChI=1S/C25H25F3N2O4S/c1-18-12-13-22(34-2)23(16-18)35(32,33)30(15-14-19-8-4-3-5-9-19)17-24(31)29-21-11-7-6-10-20(21)25(26,27)28/h3-13,16H,14-15,17H2,1-2H3,(H,29,31). The zero-order chi connectivity index (χ0) is 25.6. The first-order chi connectivity index (χ1) is 16.5. The summed E-state index contributed by atoms with van der Waals surface area (Å²) in [5, 5.41) is 2.21. The van der Waals surface area contributed by atoms with Crippen LogP contribution in [-0.4, -0.2) is 38.8 Å². The Morgan fingerprint density at radius 2 is 1.66 bits per heavy atom. The van der Waals surface area contributed by atoms with E-state index >= 15 is 0 Å². The van der Waals surface area contributed by atoms with Crippen molar-refractivity contribution < 1.29 is 31.1 Å². The number of nitrogens with zero attached hydrogens (tertiary/aromatic N) is 1. The number of sulfonamides is 1. The van der Waals surface area contributed by atoms with E-state index in [9.17, 15) is 26.4 Å². The summed E-state index contributed by atoms with van der Waals surface area (Å²) < 4.78 is 73.3. The van der Waals surface area contributed by atoms with Crippen molar-refractivity contribution in [1.29, 1.82) is 0 Å². The number of nitrogens with one attached hydrogen (secondary N) is 1. The number of carbonyl (C=O) groups excluding carboxylic acids is 1. The highest BCUT2D eigenvalue weighted by Gasteiger charge is 2.34. The number of para-hydroxylation sites is 1. The molecule has 0 saturated carbocycles. The molecule has 0 aliphatic rings. The number of ether oxygens (including phenoxy) is 1. The van der Waals surface area contributed by atoms with Crippen molar-refractivity contribution in [2.24, 2.45) is 0 Å². The topological polar surface area (TPSA) is 75.7 Å². The number of methoxy groups -OCH3 is 1. The number of rotatable bonds is 9. The van der Waals surface area contributed by atoms with E-state index in [0.29, 0.717) is 12.0 Å². The quantitative estimate of drug-likeness (QED) is 0.448. The normalized spacial score (nSPS) is 11.9. The van der Waals surface area contributed by atoms with E-state index < -0.39 is 39.9 Å². The molecule has 3 aromatic rings. The average molecular weight is 507 g/mol. The third kappa shape index (κ3) is 6.61. The molecule has 3 aromatic carbocycles. The maximum atomic E-state index is 13.6. The number of alkyl halides is 3. The van der Waals surface area contributed by atoms with Gasteiger partial charge in [-0.05, 0) is 48.7 Å². The van der Waals surface area contributed by atoms with Crippen LogP contribution in [0, 0.1) is 6.92 Å². The van der Waals surface area contributed by atoms with Crippen LogP contribution in [0.1, 0.15) is 16.7 Å². The molecule has 3 rings (SSSR count). The van der Waals surface area contributed by atoms with Crippen molar-refractivity contribution in [2.45, 2.75) is 24.4 Å². The Labute approximate surface area is 202 Å². The minimum atomic E-state index is -4.68. The molecule has 0 saturated heterocycles. The van der Waals surface area contributed by atoms with Crippen molar-refractivity contribution >= 4 is 21.6 Å². The van der Waals surface area contributed by atoms with Gasteiger partial charge in [-0.3, -0.25) is 4.79 Å². The van der Waals surface area contributed by atoms with Crippen molar-refractivity contribution in [3.05, 3.63) is 89.5 Å². The Morgan fingerprint density at radius 3 is 2.31 bits per heavy atom. The number of halogens is 3. The van der Waals surface area contributed by atoms with Gasteiger partial charge in [0.15, 0.2) is 0 Å². The number of hydrogen-bond donors (Lipinski definition) is 1. The number of carbonyl (C=O) groups is 1. The van der Waals surface area contributed by atoms with Gasteiger partial charge in [-0.2, -0.15) is 17.5 Å². The molecule has 0 bridgehead atoms. The Balaban J connectivity index is 1.92. The van der Waals surface area contributed by atoms with Crippen LogP contribution in [0.5, 0.6) is 5.75 Å². The van der Waals surface area contributed by atoms with E-state index in [-0.39, 0.29) is 17.2 Å². The summed E-state index contributed by atoms with van der Waals surface area (Å²) in [6, 6.07) is 18.2. The van der Waals surface area contributed by atoms with Gasteiger partial charge in [-0.1, -0.05) is 48.5 Å². The molecule has 10 heteroatoms. The van der Waals surface area contributed by atoms with Gasteiger partial charge >= 0.3 is 6.18 Å². The van der Waals surface area contributed by atoms with Gasteiger partial charge in [-0.25, -0.2) is 8.42 Å². The van der Waals surface area contributed by atoms with E-state index in [1.165, 1.54) is 31.4 Å². The van der Waals surface area contributed by atoms with Gasteiger partial charge in [0.25, 0.3) is 0 Å². The average Bonchev–Trinajstić information content (AvgIpc) is 2.82. The van der Waals surface area contributed by atoms with Crippen LogP contribution in [0.15, 0.2) is 77.7 Å². The van der Waals surface area contributed by atoms with E-state index in [0.717, 1.165) is 22.0 Å². The predicted molar refractivity (Wildman–Crippen MR) is 127 cm³/mol. The lowest BCUT2D eigenvalue weighted by molar-refractivity contribution is -0.137. The van der Waals surface area contributed by atoms with E-state index in [4.69, 9.17) is 4.74 Å². The number of hydrogen-bond acceptors (Lipinski definition) is 4. The minimum absolute atomic E-state index is 0.0716. The van der Waals surface area contributed by atoms with E-state index in [1.54, 1.807) is 25.1 Å². The summed E-state index contributed by atoms with van der Waals surface area (Å²) in [4.78, 5) is 12.7. The molecule has 0 radical (unpaired) electrons. The lowest BCUT2D eigenvalue weighted by Crippen LogP contribution is -2.39. The maximum Gasteiger partial charge on any atom is 0.418 e. The molecule has 1 N–H and O–H groups in total. The van der Waals surface area contributed by atoms with Crippen molar-refractivity contribution in [2.75, 3.05) is 25.5 Å². The molecule has 0 atom stereocenters. The second-order valence-electron chi connectivity index (χ2n) is 7.82. The highest BCUT2D eigenvalue weighted by Crippen LogP contribution is 2.34. The zero-order valence-corrected chi connectivity index (χ0v) is 20.0. The molecule has 0 heterocycles. The van der Waals surface area contributed by atoms with Gasteiger partial charge in [0.1, 0.15) is 10.6 Å². The van der Waals surface area contributed by atoms with Crippen LogP contribution in [-0.2, 0) is 27.4 Å². The molecule has 0 fully saturated rings. The first-order valence-corrected chi connectivity index (χ1v) is 12.1.